The summed E-state index contributed by atoms with van der Waals surface area (Å²) in [5.74, 6) is 0.108. The van der Waals surface area contributed by atoms with Gasteiger partial charge in [-0.05, 0) is 56.7 Å². The molecule has 22 heavy (non-hydrogen) atoms. The molecule has 0 aromatic heterocycles. The Balaban J connectivity index is 1.76. The molecule has 3 rings (SSSR count). The van der Waals surface area contributed by atoms with Crippen molar-refractivity contribution in [2.75, 3.05) is 23.3 Å². The summed E-state index contributed by atoms with van der Waals surface area (Å²) < 4.78 is 0. The maximum atomic E-state index is 12.5. The van der Waals surface area contributed by atoms with Gasteiger partial charge < -0.3 is 16.0 Å². The third kappa shape index (κ3) is 3.55. The smallest absolute Gasteiger partial charge is 0.227 e. The number of rotatable bonds is 3. The summed E-state index contributed by atoms with van der Waals surface area (Å²) in [6.45, 7) is 2.08. The van der Waals surface area contributed by atoms with Crippen LogP contribution in [0.4, 0.5) is 11.4 Å². The molecular weight excluding hydrogens is 298 g/mol. The number of hydrogen-bond donors (Lipinski definition) is 2. The molecule has 2 atom stereocenters. The highest BCUT2D eigenvalue weighted by Crippen LogP contribution is 2.33. The van der Waals surface area contributed by atoms with Crippen LogP contribution in [-0.4, -0.2) is 25.0 Å². The largest absolute Gasteiger partial charge is 0.370 e. The quantitative estimate of drug-likeness (QED) is 0.897. The average molecular weight is 322 g/mol. The number of piperidine rings is 1. The Morgan fingerprint density at radius 2 is 2.00 bits per heavy atom. The van der Waals surface area contributed by atoms with Crippen molar-refractivity contribution in [3.8, 4) is 0 Å². The van der Waals surface area contributed by atoms with E-state index in [1.165, 1.54) is 19.3 Å². The van der Waals surface area contributed by atoms with E-state index in [2.05, 4.69) is 10.2 Å². The fourth-order valence-corrected chi connectivity index (χ4v) is 3.68. The lowest BCUT2D eigenvalue weighted by atomic mass is 10.1. The van der Waals surface area contributed by atoms with Crippen LogP contribution < -0.4 is 16.0 Å². The van der Waals surface area contributed by atoms with Gasteiger partial charge in [0.1, 0.15) is 0 Å². The Labute approximate surface area is 137 Å². The lowest BCUT2D eigenvalue weighted by molar-refractivity contribution is -0.119. The third-order valence-corrected chi connectivity index (χ3v) is 4.99. The second kappa shape index (κ2) is 6.88. The molecule has 1 aliphatic heterocycles. The van der Waals surface area contributed by atoms with Gasteiger partial charge in [0.15, 0.2) is 0 Å². The van der Waals surface area contributed by atoms with E-state index in [9.17, 15) is 4.79 Å². The van der Waals surface area contributed by atoms with Crippen LogP contribution in [0.15, 0.2) is 18.2 Å². The molecule has 0 radical (unpaired) electrons. The highest BCUT2D eigenvalue weighted by Gasteiger charge is 2.28. The van der Waals surface area contributed by atoms with Crippen molar-refractivity contribution in [2.45, 2.75) is 44.6 Å². The standard InChI is InChI=1S/C17H24ClN3O/c18-13-5-7-16(21-8-2-1-3-9-21)15(11-13)20-17(22)12-4-6-14(19)10-12/h5,7,11-12,14H,1-4,6,8-10,19H2,(H,20,22). The molecule has 1 aromatic rings. The molecule has 5 heteroatoms. The van der Waals surface area contributed by atoms with E-state index in [0.29, 0.717) is 5.02 Å². The zero-order valence-corrected chi connectivity index (χ0v) is 13.6. The first-order chi connectivity index (χ1) is 10.6. The maximum Gasteiger partial charge on any atom is 0.227 e. The van der Waals surface area contributed by atoms with Gasteiger partial charge in [0.2, 0.25) is 5.91 Å². The number of anilines is 2. The van der Waals surface area contributed by atoms with Crippen molar-refractivity contribution in [1.29, 1.82) is 0 Å². The predicted octanol–water partition coefficient (Wildman–Crippen LogP) is 3.40. The topological polar surface area (TPSA) is 58.4 Å². The van der Waals surface area contributed by atoms with Gasteiger partial charge in [0.25, 0.3) is 0 Å². The number of halogens is 1. The molecule has 2 unspecified atom stereocenters. The molecule has 120 valence electrons. The van der Waals surface area contributed by atoms with Gasteiger partial charge >= 0.3 is 0 Å². The van der Waals surface area contributed by atoms with Crippen LogP contribution in [-0.2, 0) is 4.79 Å². The zero-order valence-electron chi connectivity index (χ0n) is 12.9. The Morgan fingerprint density at radius 1 is 1.23 bits per heavy atom. The zero-order chi connectivity index (χ0) is 15.5. The maximum absolute atomic E-state index is 12.5. The van der Waals surface area contributed by atoms with Gasteiger partial charge in [-0.25, -0.2) is 0 Å². The fourth-order valence-electron chi connectivity index (χ4n) is 3.51. The molecule has 1 saturated heterocycles. The van der Waals surface area contributed by atoms with Crippen molar-refractivity contribution in [1.82, 2.24) is 0 Å². The van der Waals surface area contributed by atoms with Crippen LogP contribution in [0.3, 0.4) is 0 Å². The molecule has 1 aliphatic carbocycles. The molecule has 1 aromatic carbocycles. The van der Waals surface area contributed by atoms with Crippen LogP contribution in [0.5, 0.6) is 0 Å². The molecule has 1 amide bonds. The van der Waals surface area contributed by atoms with E-state index in [0.717, 1.165) is 43.7 Å². The predicted molar refractivity (Wildman–Crippen MR) is 91.5 cm³/mol. The number of nitrogens with one attached hydrogen (secondary N) is 1. The molecule has 2 fully saturated rings. The fraction of sp³-hybridized carbons (Fsp3) is 0.588. The van der Waals surface area contributed by atoms with Crippen molar-refractivity contribution in [2.24, 2.45) is 11.7 Å². The average Bonchev–Trinajstić information content (AvgIpc) is 2.95. The summed E-state index contributed by atoms with van der Waals surface area (Å²) in [5, 5.41) is 3.74. The highest BCUT2D eigenvalue weighted by molar-refractivity contribution is 6.31. The van der Waals surface area contributed by atoms with E-state index in [-0.39, 0.29) is 17.9 Å². The van der Waals surface area contributed by atoms with Crippen LogP contribution in [0.25, 0.3) is 0 Å². The van der Waals surface area contributed by atoms with Gasteiger partial charge in [-0.15, -0.1) is 0 Å². The molecule has 2 aliphatic rings. The first kappa shape index (κ1) is 15.6. The van der Waals surface area contributed by atoms with E-state index >= 15 is 0 Å². The Bertz CT molecular complexity index is 543. The Morgan fingerprint density at radius 3 is 2.68 bits per heavy atom. The van der Waals surface area contributed by atoms with Gasteiger partial charge in [0.05, 0.1) is 11.4 Å². The van der Waals surface area contributed by atoms with Crippen LogP contribution in [0.2, 0.25) is 5.02 Å². The SMILES string of the molecule is NC1CCC(C(=O)Nc2cc(Cl)ccc2N2CCCCC2)C1. The minimum absolute atomic E-state index is 0.0307. The second-order valence-corrected chi connectivity index (χ2v) is 6.90. The number of benzene rings is 1. The van der Waals surface area contributed by atoms with Crippen molar-refractivity contribution in [3.63, 3.8) is 0 Å². The normalized spacial score (nSPS) is 25.3. The van der Waals surface area contributed by atoms with E-state index < -0.39 is 0 Å². The molecule has 1 saturated carbocycles. The Kier molecular flexibility index (Phi) is 4.89. The lowest BCUT2D eigenvalue weighted by Crippen LogP contribution is -2.31. The molecule has 1 heterocycles. The molecule has 4 nitrogen and oxygen atoms in total. The van der Waals surface area contributed by atoms with Crippen molar-refractivity contribution in [3.05, 3.63) is 23.2 Å². The van der Waals surface area contributed by atoms with Gasteiger partial charge in [-0.1, -0.05) is 11.6 Å². The van der Waals surface area contributed by atoms with Gasteiger partial charge in [-0.2, -0.15) is 0 Å². The lowest BCUT2D eigenvalue weighted by Gasteiger charge is -2.31. The summed E-state index contributed by atoms with van der Waals surface area (Å²) in [6.07, 6.45) is 6.29. The first-order valence-electron chi connectivity index (χ1n) is 8.24. The summed E-state index contributed by atoms with van der Waals surface area (Å²) in [6, 6.07) is 5.94. The molecule has 3 N–H and O–H groups in total. The highest BCUT2D eigenvalue weighted by atomic mass is 35.5. The summed E-state index contributed by atoms with van der Waals surface area (Å²) in [7, 11) is 0. The number of carbonyl (C=O) groups excluding carboxylic acids is 1. The first-order valence-corrected chi connectivity index (χ1v) is 8.62. The molecule has 0 bridgehead atoms. The third-order valence-electron chi connectivity index (χ3n) is 4.76. The van der Waals surface area contributed by atoms with Crippen molar-refractivity contribution < 1.29 is 4.79 Å². The second-order valence-electron chi connectivity index (χ2n) is 6.47. The van der Waals surface area contributed by atoms with Crippen LogP contribution in [0.1, 0.15) is 38.5 Å². The Hall–Kier alpha value is -1.26. The van der Waals surface area contributed by atoms with Crippen LogP contribution in [0, 0.1) is 5.92 Å². The minimum Gasteiger partial charge on any atom is -0.370 e. The van der Waals surface area contributed by atoms with Crippen molar-refractivity contribution >= 4 is 28.9 Å². The number of nitrogens with two attached hydrogens (primary N) is 1. The van der Waals surface area contributed by atoms with E-state index in [1.54, 1.807) is 0 Å². The molecular formula is C17H24ClN3O. The summed E-state index contributed by atoms with van der Waals surface area (Å²) in [5.41, 5.74) is 7.83. The molecule has 0 spiro atoms. The van der Waals surface area contributed by atoms with E-state index in [1.807, 2.05) is 18.2 Å². The summed E-state index contributed by atoms with van der Waals surface area (Å²) >= 11 is 6.13. The minimum atomic E-state index is 0.0307. The van der Waals surface area contributed by atoms with E-state index in [4.69, 9.17) is 17.3 Å². The van der Waals surface area contributed by atoms with Gasteiger partial charge in [0, 0.05) is 30.1 Å². The van der Waals surface area contributed by atoms with Crippen LogP contribution >= 0.6 is 11.6 Å². The summed E-state index contributed by atoms with van der Waals surface area (Å²) in [4.78, 5) is 14.8. The van der Waals surface area contributed by atoms with Gasteiger partial charge in [-0.3, -0.25) is 4.79 Å². The number of carbonyl (C=O) groups is 1. The number of amides is 1. The monoisotopic (exact) mass is 321 g/mol. The number of nitrogens with zero attached hydrogens (tertiary/aromatic N) is 1. The number of hydrogen-bond acceptors (Lipinski definition) is 3.